The summed E-state index contributed by atoms with van der Waals surface area (Å²) in [4.78, 5) is 51.9. The molecule has 8 N–H and O–H groups in total. The first-order chi connectivity index (χ1) is 18.0. The van der Waals surface area contributed by atoms with E-state index in [1.165, 1.54) is 10.9 Å². The molecule has 7 atom stereocenters. The minimum absolute atomic E-state index is 0.0218. The van der Waals surface area contributed by atoms with Gasteiger partial charge in [0.1, 0.15) is 37.1 Å². The van der Waals surface area contributed by atoms with Crippen LogP contribution in [0.3, 0.4) is 0 Å². The Balaban J connectivity index is 1.22. The van der Waals surface area contributed by atoms with Crippen molar-refractivity contribution in [3.63, 3.8) is 0 Å². The number of phosphoric acid groups is 1. The van der Waals surface area contributed by atoms with Crippen LogP contribution in [0.2, 0.25) is 0 Å². The fourth-order valence-electron chi connectivity index (χ4n) is 4.26. The van der Waals surface area contributed by atoms with Crippen molar-refractivity contribution < 1.29 is 38.2 Å². The van der Waals surface area contributed by atoms with Crippen LogP contribution in [0.5, 0.6) is 0 Å². The topological polar surface area (TPSA) is 278 Å². The van der Waals surface area contributed by atoms with Gasteiger partial charge >= 0.3 is 13.5 Å². The lowest BCUT2D eigenvalue weighted by Crippen LogP contribution is -2.29. The Kier molecular flexibility index (Phi) is 7.01. The third-order valence-electron chi connectivity index (χ3n) is 6.05. The molecule has 0 bridgehead atoms. The first kappa shape index (κ1) is 26.3. The Labute approximate surface area is 211 Å². The summed E-state index contributed by atoms with van der Waals surface area (Å²) in [6.45, 7) is -1.13. The van der Waals surface area contributed by atoms with Gasteiger partial charge in [0.25, 0.3) is 5.56 Å². The van der Waals surface area contributed by atoms with Gasteiger partial charge in [-0.1, -0.05) is 0 Å². The first-order valence-electron chi connectivity index (χ1n) is 11.2. The highest BCUT2D eigenvalue weighted by atomic mass is 31.2. The van der Waals surface area contributed by atoms with Gasteiger partial charge in [-0.15, -0.1) is 0 Å². The number of H-pyrrole nitrogens is 1. The van der Waals surface area contributed by atoms with Crippen molar-refractivity contribution in [2.45, 2.75) is 49.7 Å². The summed E-state index contributed by atoms with van der Waals surface area (Å²) in [6, 6.07) is 0. The van der Waals surface area contributed by atoms with E-state index >= 15 is 0 Å². The smallest absolute Gasteiger partial charge is 0.394 e. The SMILES string of the molecule is Nc1ncn([C@H]2C[C@@H](OP(=O)(O)OC[C@H]3O[C@@H](n4cnc5c(=O)[nH]c(N)nc54)C[C@H]3O)[C@@H](CO)O2)c(=O)n1. The minimum Gasteiger partial charge on any atom is -0.394 e. The minimum atomic E-state index is -4.76. The molecule has 2 aliphatic heterocycles. The Morgan fingerprint density at radius 3 is 2.55 bits per heavy atom. The van der Waals surface area contributed by atoms with Crippen LogP contribution < -0.4 is 22.7 Å². The van der Waals surface area contributed by atoms with E-state index in [9.17, 15) is 29.3 Å². The predicted molar refractivity (Wildman–Crippen MR) is 124 cm³/mol. The van der Waals surface area contributed by atoms with Crippen molar-refractivity contribution in [2.75, 3.05) is 24.7 Å². The van der Waals surface area contributed by atoms with E-state index in [4.69, 9.17) is 30.0 Å². The molecule has 0 aliphatic carbocycles. The summed E-state index contributed by atoms with van der Waals surface area (Å²) in [5, 5.41) is 20.1. The van der Waals surface area contributed by atoms with E-state index in [2.05, 4.69) is 24.9 Å². The third-order valence-corrected chi connectivity index (χ3v) is 7.06. The Morgan fingerprint density at radius 2 is 1.82 bits per heavy atom. The molecule has 3 aromatic rings. The van der Waals surface area contributed by atoms with E-state index in [1.54, 1.807) is 0 Å². The Hall–Kier alpha value is -3.29. The summed E-state index contributed by atoms with van der Waals surface area (Å²) in [5.74, 6) is -0.369. The molecule has 0 spiro atoms. The molecule has 5 rings (SSSR count). The highest BCUT2D eigenvalue weighted by molar-refractivity contribution is 7.47. The third kappa shape index (κ3) is 5.18. The van der Waals surface area contributed by atoms with Crippen LogP contribution in [0.25, 0.3) is 11.2 Å². The van der Waals surface area contributed by atoms with E-state index in [1.807, 2.05) is 0 Å². The van der Waals surface area contributed by atoms with Gasteiger partial charge in [-0.2, -0.15) is 9.97 Å². The summed E-state index contributed by atoms with van der Waals surface area (Å²) in [6.07, 6.45) is -3.86. The summed E-state index contributed by atoms with van der Waals surface area (Å²) >= 11 is 0. The molecule has 5 heterocycles. The van der Waals surface area contributed by atoms with E-state index in [-0.39, 0.29) is 35.9 Å². The molecule has 2 fully saturated rings. The van der Waals surface area contributed by atoms with Crippen molar-refractivity contribution in [1.82, 2.24) is 34.1 Å². The normalized spacial score (nSPS) is 29.1. The average molecular weight is 557 g/mol. The molecule has 0 radical (unpaired) electrons. The maximum absolute atomic E-state index is 12.7. The first-order valence-corrected chi connectivity index (χ1v) is 12.7. The van der Waals surface area contributed by atoms with Crippen molar-refractivity contribution in [2.24, 2.45) is 0 Å². The summed E-state index contributed by atoms with van der Waals surface area (Å²) in [7, 11) is -4.76. The number of ether oxygens (including phenoxy) is 2. The van der Waals surface area contributed by atoms with Gasteiger partial charge < -0.3 is 36.0 Å². The van der Waals surface area contributed by atoms with Crippen molar-refractivity contribution >= 4 is 30.9 Å². The number of hydrogen-bond acceptors (Lipinski definition) is 15. The number of aromatic nitrogens is 7. The van der Waals surface area contributed by atoms with Gasteiger partial charge in [-0.3, -0.25) is 28.0 Å². The number of rotatable bonds is 8. The van der Waals surface area contributed by atoms with Crippen LogP contribution >= 0.6 is 7.82 Å². The second-order valence-corrected chi connectivity index (χ2v) is 9.97. The zero-order valence-electron chi connectivity index (χ0n) is 19.4. The van der Waals surface area contributed by atoms with Gasteiger partial charge in [0.05, 0.1) is 25.6 Å². The lowest BCUT2D eigenvalue weighted by Gasteiger charge is -2.21. The maximum Gasteiger partial charge on any atom is 0.472 e. The molecule has 19 nitrogen and oxygen atoms in total. The summed E-state index contributed by atoms with van der Waals surface area (Å²) in [5.41, 5.74) is 9.82. The number of nitrogen functional groups attached to an aromatic ring is 2. The molecule has 2 aliphatic rings. The van der Waals surface area contributed by atoms with E-state index in [0.29, 0.717) is 0 Å². The fraction of sp³-hybridized carbons (Fsp3) is 0.556. The quantitative estimate of drug-likeness (QED) is 0.154. The van der Waals surface area contributed by atoms with Gasteiger partial charge in [-0.05, 0) is 0 Å². The molecular weight excluding hydrogens is 533 g/mol. The van der Waals surface area contributed by atoms with Crippen LogP contribution in [0, 0.1) is 0 Å². The van der Waals surface area contributed by atoms with Gasteiger partial charge in [-0.25, -0.2) is 19.3 Å². The zero-order chi connectivity index (χ0) is 27.2. The molecule has 0 amide bonds. The highest BCUT2D eigenvalue weighted by Crippen LogP contribution is 2.49. The standard InChI is InChI=1S/C18H24N9O10P/c19-16-22-6-27(18(31)25-16)12-2-8(9(3-28)35-12)37-38(32,33)34-4-10-7(29)1-11(36-10)26-5-21-13-14(26)23-17(20)24-15(13)30/h5-12,28-29H,1-4H2,(H,32,33)(H2,19,25,31)(H3,20,23,24,30)/t7-,8-,9-,10-,11-,12-/m1/s1. The van der Waals surface area contributed by atoms with Crippen LogP contribution in [-0.4, -0.2) is 86.8 Å². The number of phosphoric ester groups is 1. The molecule has 0 aromatic carbocycles. The monoisotopic (exact) mass is 557 g/mol. The average Bonchev–Trinajstić information content (AvgIpc) is 3.54. The molecule has 206 valence electrons. The number of nitrogens with one attached hydrogen (secondary N) is 1. The fourth-order valence-corrected chi connectivity index (χ4v) is 5.22. The lowest BCUT2D eigenvalue weighted by atomic mass is 10.2. The van der Waals surface area contributed by atoms with Crippen LogP contribution in [-0.2, 0) is 23.1 Å². The molecule has 38 heavy (non-hydrogen) atoms. The maximum atomic E-state index is 12.7. The van der Waals surface area contributed by atoms with Crippen LogP contribution in [0.15, 0.2) is 22.2 Å². The number of aliphatic hydroxyl groups excluding tert-OH is 2. The Bertz CT molecular complexity index is 1490. The Morgan fingerprint density at radius 1 is 1.11 bits per heavy atom. The second kappa shape index (κ2) is 10.1. The van der Waals surface area contributed by atoms with Crippen molar-refractivity contribution in [1.29, 1.82) is 0 Å². The molecule has 0 saturated carbocycles. The number of nitrogens with zero attached hydrogens (tertiary/aromatic N) is 6. The van der Waals surface area contributed by atoms with E-state index < -0.39 is 69.2 Å². The number of imidazole rings is 1. The number of aromatic amines is 1. The van der Waals surface area contributed by atoms with Crippen LogP contribution in [0.4, 0.5) is 11.9 Å². The molecular formula is C18H24N9O10P. The van der Waals surface area contributed by atoms with Gasteiger partial charge in [0, 0.05) is 12.8 Å². The molecule has 1 unspecified atom stereocenters. The lowest BCUT2D eigenvalue weighted by molar-refractivity contribution is -0.0565. The molecule has 20 heteroatoms. The predicted octanol–water partition coefficient (Wildman–Crippen LogP) is -2.63. The number of aliphatic hydroxyl groups is 2. The summed E-state index contributed by atoms with van der Waals surface area (Å²) < 4.78 is 36.6. The van der Waals surface area contributed by atoms with Gasteiger partial charge in [0.2, 0.25) is 11.9 Å². The van der Waals surface area contributed by atoms with Crippen LogP contribution in [0.1, 0.15) is 25.3 Å². The van der Waals surface area contributed by atoms with Crippen molar-refractivity contribution in [3.8, 4) is 0 Å². The number of nitrogens with two attached hydrogens (primary N) is 2. The van der Waals surface area contributed by atoms with Crippen molar-refractivity contribution in [3.05, 3.63) is 33.5 Å². The van der Waals surface area contributed by atoms with Gasteiger partial charge in [0.15, 0.2) is 11.2 Å². The zero-order valence-corrected chi connectivity index (χ0v) is 20.3. The number of fused-ring (bicyclic) bond motifs is 1. The number of hydrogen-bond donors (Lipinski definition) is 6. The molecule has 3 aromatic heterocycles. The molecule has 2 saturated heterocycles. The highest BCUT2D eigenvalue weighted by Gasteiger charge is 2.43. The second-order valence-electron chi connectivity index (χ2n) is 8.57. The largest absolute Gasteiger partial charge is 0.472 e. The number of anilines is 2. The van der Waals surface area contributed by atoms with E-state index in [0.717, 1.165) is 10.9 Å².